The first-order chi connectivity index (χ1) is 8.34. The minimum Gasteiger partial charge on any atom is -0.345 e. The molecule has 0 radical (unpaired) electrons. The molecule has 1 N–H and O–H groups in total. The van der Waals surface area contributed by atoms with Crippen molar-refractivity contribution in [3.05, 3.63) is 66.0 Å². The molecule has 0 amide bonds. The van der Waals surface area contributed by atoms with Gasteiger partial charge in [-0.05, 0) is 18.2 Å². The van der Waals surface area contributed by atoms with Gasteiger partial charge >= 0.3 is 0 Å². The summed E-state index contributed by atoms with van der Waals surface area (Å²) >= 11 is 0. The van der Waals surface area contributed by atoms with Crippen LogP contribution in [0.1, 0.15) is 15.9 Å². The molecule has 0 saturated heterocycles. The summed E-state index contributed by atoms with van der Waals surface area (Å²) in [6.07, 6.45) is 1.63. The number of aromatic amines is 1. The number of carbonyl (C=O) groups excluding carboxylic acids is 1. The molecule has 1 aromatic heterocycles. The van der Waals surface area contributed by atoms with Crippen LogP contribution in [0.4, 0.5) is 0 Å². The van der Waals surface area contributed by atoms with Crippen molar-refractivity contribution in [1.82, 2.24) is 9.97 Å². The van der Waals surface area contributed by atoms with Gasteiger partial charge in [0.25, 0.3) is 0 Å². The molecule has 90 valence electrons. The van der Waals surface area contributed by atoms with E-state index in [-0.39, 0.29) is 18.2 Å². The van der Waals surface area contributed by atoms with Crippen LogP contribution >= 0.6 is 12.4 Å². The van der Waals surface area contributed by atoms with Gasteiger partial charge in [-0.3, -0.25) is 4.79 Å². The van der Waals surface area contributed by atoms with Crippen LogP contribution in [0.25, 0.3) is 11.0 Å². The summed E-state index contributed by atoms with van der Waals surface area (Å²) in [5.41, 5.74) is 3.13. The maximum absolute atomic E-state index is 12.2. The molecule has 0 aliphatic heterocycles. The molecule has 0 atom stereocenters. The van der Waals surface area contributed by atoms with Crippen molar-refractivity contribution < 1.29 is 4.79 Å². The molecule has 0 spiro atoms. The molecule has 0 unspecified atom stereocenters. The molecule has 0 bridgehead atoms. The second-order valence-electron chi connectivity index (χ2n) is 3.83. The lowest BCUT2D eigenvalue weighted by Gasteiger charge is -2.00. The van der Waals surface area contributed by atoms with Gasteiger partial charge in [0.1, 0.15) is 0 Å². The SMILES string of the molecule is Cl.O=C(c1ccccc1)c1ccc2nc[nH]c2c1. The lowest BCUT2D eigenvalue weighted by molar-refractivity contribution is 0.103. The van der Waals surface area contributed by atoms with Crippen molar-refractivity contribution in [2.45, 2.75) is 0 Å². The average Bonchev–Trinajstić information content (AvgIpc) is 2.86. The van der Waals surface area contributed by atoms with Gasteiger partial charge in [-0.2, -0.15) is 0 Å². The first kappa shape index (κ1) is 12.3. The Bertz CT molecular complexity index is 676. The molecule has 1 heterocycles. The summed E-state index contributed by atoms with van der Waals surface area (Å²) in [5.74, 6) is 0.0297. The van der Waals surface area contributed by atoms with E-state index in [0.717, 1.165) is 11.0 Å². The van der Waals surface area contributed by atoms with Gasteiger partial charge in [0, 0.05) is 11.1 Å². The molecule has 3 rings (SSSR count). The predicted molar refractivity (Wildman–Crippen MR) is 73.2 cm³/mol. The number of fused-ring (bicyclic) bond motifs is 1. The number of rotatable bonds is 2. The third-order valence-corrected chi connectivity index (χ3v) is 2.72. The lowest BCUT2D eigenvalue weighted by Crippen LogP contribution is -2.00. The van der Waals surface area contributed by atoms with E-state index in [4.69, 9.17) is 0 Å². The van der Waals surface area contributed by atoms with E-state index in [0.29, 0.717) is 11.1 Å². The summed E-state index contributed by atoms with van der Waals surface area (Å²) in [7, 11) is 0. The monoisotopic (exact) mass is 258 g/mol. The van der Waals surface area contributed by atoms with Crippen LogP contribution in [0.15, 0.2) is 54.9 Å². The molecule has 3 nitrogen and oxygen atoms in total. The van der Waals surface area contributed by atoms with Gasteiger partial charge in [-0.15, -0.1) is 12.4 Å². The number of ketones is 1. The molecule has 2 aromatic carbocycles. The quantitative estimate of drug-likeness (QED) is 0.718. The molecular weight excluding hydrogens is 248 g/mol. The van der Waals surface area contributed by atoms with E-state index in [1.807, 2.05) is 42.5 Å². The predicted octanol–water partition coefficient (Wildman–Crippen LogP) is 3.22. The Kier molecular flexibility index (Phi) is 3.44. The summed E-state index contributed by atoms with van der Waals surface area (Å²) < 4.78 is 0. The Labute approximate surface area is 110 Å². The summed E-state index contributed by atoms with van der Waals surface area (Å²) in [5, 5.41) is 0. The fourth-order valence-corrected chi connectivity index (χ4v) is 1.83. The zero-order valence-electron chi connectivity index (χ0n) is 9.46. The van der Waals surface area contributed by atoms with E-state index in [9.17, 15) is 4.79 Å². The fraction of sp³-hybridized carbons (Fsp3) is 0. The van der Waals surface area contributed by atoms with E-state index in [1.165, 1.54) is 0 Å². The van der Waals surface area contributed by atoms with Crippen molar-refractivity contribution in [3.63, 3.8) is 0 Å². The Morgan fingerprint density at radius 2 is 1.78 bits per heavy atom. The standard InChI is InChI=1S/C14H10N2O.ClH/c17-14(10-4-2-1-3-5-10)11-6-7-12-13(8-11)16-9-15-12;/h1-9H,(H,15,16);1H. The molecular formula is C14H11ClN2O. The van der Waals surface area contributed by atoms with Gasteiger partial charge in [0.15, 0.2) is 5.78 Å². The Morgan fingerprint density at radius 1 is 1.00 bits per heavy atom. The van der Waals surface area contributed by atoms with Crippen LogP contribution in [-0.4, -0.2) is 15.8 Å². The Morgan fingerprint density at radius 3 is 2.56 bits per heavy atom. The first-order valence-electron chi connectivity index (χ1n) is 5.37. The van der Waals surface area contributed by atoms with Crippen LogP contribution in [0.3, 0.4) is 0 Å². The molecule has 18 heavy (non-hydrogen) atoms. The molecule has 0 fully saturated rings. The number of hydrogen-bond donors (Lipinski definition) is 1. The van der Waals surface area contributed by atoms with Crippen molar-refractivity contribution in [2.24, 2.45) is 0 Å². The maximum atomic E-state index is 12.2. The van der Waals surface area contributed by atoms with Gasteiger partial charge in [-0.1, -0.05) is 30.3 Å². The highest BCUT2D eigenvalue weighted by molar-refractivity contribution is 6.10. The lowest BCUT2D eigenvalue weighted by atomic mass is 10.0. The first-order valence-corrected chi connectivity index (χ1v) is 5.37. The van der Waals surface area contributed by atoms with E-state index < -0.39 is 0 Å². The van der Waals surface area contributed by atoms with Crippen LogP contribution in [0, 0.1) is 0 Å². The minimum atomic E-state index is 0. The van der Waals surface area contributed by atoms with E-state index >= 15 is 0 Å². The van der Waals surface area contributed by atoms with Crippen molar-refractivity contribution in [3.8, 4) is 0 Å². The second-order valence-corrected chi connectivity index (χ2v) is 3.83. The van der Waals surface area contributed by atoms with Gasteiger partial charge in [-0.25, -0.2) is 4.98 Å². The Balaban J connectivity index is 0.00000120. The highest BCUT2D eigenvalue weighted by Crippen LogP contribution is 2.15. The van der Waals surface area contributed by atoms with Crippen molar-refractivity contribution in [2.75, 3.05) is 0 Å². The van der Waals surface area contributed by atoms with E-state index in [1.54, 1.807) is 12.4 Å². The largest absolute Gasteiger partial charge is 0.345 e. The van der Waals surface area contributed by atoms with Gasteiger partial charge in [0.2, 0.25) is 0 Å². The van der Waals surface area contributed by atoms with Crippen molar-refractivity contribution >= 4 is 29.2 Å². The number of imidazole rings is 1. The van der Waals surface area contributed by atoms with Crippen molar-refractivity contribution in [1.29, 1.82) is 0 Å². The van der Waals surface area contributed by atoms with Gasteiger partial charge < -0.3 is 4.98 Å². The molecule has 4 heteroatoms. The average molecular weight is 259 g/mol. The number of halogens is 1. The van der Waals surface area contributed by atoms with E-state index in [2.05, 4.69) is 9.97 Å². The van der Waals surface area contributed by atoms with Crippen LogP contribution < -0.4 is 0 Å². The second kappa shape index (κ2) is 5.02. The molecule has 3 aromatic rings. The highest BCUT2D eigenvalue weighted by Gasteiger charge is 2.09. The van der Waals surface area contributed by atoms with Gasteiger partial charge in [0.05, 0.1) is 17.4 Å². The zero-order chi connectivity index (χ0) is 11.7. The number of hydrogen-bond acceptors (Lipinski definition) is 2. The smallest absolute Gasteiger partial charge is 0.193 e. The highest BCUT2D eigenvalue weighted by atomic mass is 35.5. The minimum absolute atomic E-state index is 0. The number of nitrogens with one attached hydrogen (secondary N) is 1. The third-order valence-electron chi connectivity index (χ3n) is 2.72. The topological polar surface area (TPSA) is 45.8 Å². The molecule has 0 aliphatic carbocycles. The number of aromatic nitrogens is 2. The van der Waals surface area contributed by atoms with Crippen LogP contribution in [0.5, 0.6) is 0 Å². The number of carbonyl (C=O) groups is 1. The maximum Gasteiger partial charge on any atom is 0.193 e. The normalized spacial score (nSPS) is 10.0. The zero-order valence-corrected chi connectivity index (χ0v) is 10.3. The third kappa shape index (κ3) is 2.13. The number of benzene rings is 2. The summed E-state index contributed by atoms with van der Waals surface area (Å²) in [6.45, 7) is 0. The van der Waals surface area contributed by atoms with Crippen LogP contribution in [-0.2, 0) is 0 Å². The Hall–Kier alpha value is -2.13. The fourth-order valence-electron chi connectivity index (χ4n) is 1.83. The summed E-state index contributed by atoms with van der Waals surface area (Å²) in [6, 6.07) is 14.7. The van der Waals surface area contributed by atoms with Crippen LogP contribution in [0.2, 0.25) is 0 Å². The molecule has 0 aliphatic rings. The molecule has 0 saturated carbocycles. The summed E-state index contributed by atoms with van der Waals surface area (Å²) in [4.78, 5) is 19.3. The number of H-pyrrole nitrogens is 1. The number of nitrogens with zero attached hydrogens (tertiary/aromatic N) is 1.